The molecule has 1 aromatic heterocycles. The van der Waals surface area contributed by atoms with E-state index in [-0.39, 0.29) is 22.8 Å². The molecule has 7 nitrogen and oxygen atoms in total. The first-order valence-electron chi connectivity index (χ1n) is 5.29. The minimum atomic E-state index is -0.645. The van der Waals surface area contributed by atoms with E-state index in [0.29, 0.717) is 5.82 Å². The largest absolute Gasteiger partial charge is 0.347 e. The van der Waals surface area contributed by atoms with E-state index >= 15 is 0 Å². The second-order valence-electron chi connectivity index (χ2n) is 3.61. The highest BCUT2D eigenvalue weighted by atomic mass is 35.5. The van der Waals surface area contributed by atoms with Gasteiger partial charge in [0.25, 0.3) is 11.6 Å². The second kappa shape index (κ2) is 5.49. The number of imidazole rings is 1. The van der Waals surface area contributed by atoms with Crippen LogP contribution in [0, 0.1) is 10.1 Å². The van der Waals surface area contributed by atoms with E-state index in [1.807, 2.05) is 0 Å². The third-order valence-corrected chi connectivity index (χ3v) is 2.70. The average molecular weight is 281 g/mol. The minimum absolute atomic E-state index is 0.0335. The van der Waals surface area contributed by atoms with Crippen LogP contribution in [-0.4, -0.2) is 20.8 Å². The number of carbonyl (C=O) groups is 1. The van der Waals surface area contributed by atoms with Crippen molar-refractivity contribution in [2.24, 2.45) is 0 Å². The number of nitrogens with zero attached hydrogens (tertiary/aromatic N) is 2. The predicted octanol–water partition coefficient (Wildman–Crippen LogP) is 1.90. The van der Waals surface area contributed by atoms with Crippen LogP contribution in [-0.2, 0) is 6.54 Å². The summed E-state index contributed by atoms with van der Waals surface area (Å²) in [7, 11) is 0. The molecule has 2 rings (SSSR count). The van der Waals surface area contributed by atoms with Crippen LogP contribution in [0.3, 0.4) is 0 Å². The summed E-state index contributed by atoms with van der Waals surface area (Å²) in [6.45, 7) is 0.133. The van der Waals surface area contributed by atoms with Gasteiger partial charge in [-0.05, 0) is 6.07 Å². The number of H-pyrrole nitrogens is 1. The van der Waals surface area contributed by atoms with E-state index in [9.17, 15) is 14.9 Å². The molecular weight excluding hydrogens is 272 g/mol. The van der Waals surface area contributed by atoms with Crippen molar-refractivity contribution < 1.29 is 9.72 Å². The maximum absolute atomic E-state index is 11.9. The first-order valence-corrected chi connectivity index (χ1v) is 5.66. The SMILES string of the molecule is O=C(NCc1ncc[nH]1)c1c(Cl)cccc1[N+](=O)[O-]. The van der Waals surface area contributed by atoms with Crippen LogP contribution in [0.1, 0.15) is 16.2 Å². The van der Waals surface area contributed by atoms with Crippen molar-refractivity contribution in [1.82, 2.24) is 15.3 Å². The predicted molar refractivity (Wildman–Crippen MR) is 67.9 cm³/mol. The Morgan fingerprint density at radius 3 is 2.95 bits per heavy atom. The van der Waals surface area contributed by atoms with Crippen LogP contribution in [0.5, 0.6) is 0 Å². The fourth-order valence-corrected chi connectivity index (χ4v) is 1.79. The number of nitrogens with one attached hydrogen (secondary N) is 2. The molecule has 0 aliphatic rings. The van der Waals surface area contributed by atoms with Crippen LogP contribution in [0.2, 0.25) is 5.02 Å². The monoisotopic (exact) mass is 280 g/mol. The number of rotatable bonds is 4. The topological polar surface area (TPSA) is 101 Å². The van der Waals surface area contributed by atoms with Crippen LogP contribution in [0.4, 0.5) is 5.69 Å². The van der Waals surface area contributed by atoms with Gasteiger partial charge in [-0.3, -0.25) is 14.9 Å². The molecule has 0 unspecified atom stereocenters. The summed E-state index contributed by atoms with van der Waals surface area (Å²) in [5.74, 6) is -0.0724. The van der Waals surface area contributed by atoms with Crippen LogP contribution < -0.4 is 5.32 Å². The Bertz CT molecular complexity index is 612. The molecule has 0 bridgehead atoms. The molecule has 19 heavy (non-hydrogen) atoms. The second-order valence-corrected chi connectivity index (χ2v) is 4.02. The van der Waals surface area contributed by atoms with E-state index in [2.05, 4.69) is 15.3 Å². The molecule has 0 saturated carbocycles. The lowest BCUT2D eigenvalue weighted by atomic mass is 10.1. The zero-order valence-corrected chi connectivity index (χ0v) is 10.3. The number of halogens is 1. The molecular formula is C11H9ClN4O3. The fraction of sp³-hybridized carbons (Fsp3) is 0.0909. The molecule has 2 aromatic rings. The lowest BCUT2D eigenvalue weighted by Crippen LogP contribution is -2.24. The number of aromatic nitrogens is 2. The van der Waals surface area contributed by atoms with Crippen molar-refractivity contribution in [2.45, 2.75) is 6.54 Å². The number of benzene rings is 1. The molecule has 0 aliphatic carbocycles. The first-order chi connectivity index (χ1) is 9.09. The third kappa shape index (κ3) is 2.89. The summed E-state index contributed by atoms with van der Waals surface area (Å²) in [6.07, 6.45) is 3.15. The van der Waals surface area contributed by atoms with Gasteiger partial charge in [-0.25, -0.2) is 4.98 Å². The quantitative estimate of drug-likeness (QED) is 0.659. The number of hydrogen-bond acceptors (Lipinski definition) is 4. The van der Waals surface area contributed by atoms with Gasteiger partial charge in [0, 0.05) is 18.5 Å². The van der Waals surface area contributed by atoms with Gasteiger partial charge in [-0.15, -0.1) is 0 Å². The molecule has 0 saturated heterocycles. The first kappa shape index (κ1) is 13.0. The van der Waals surface area contributed by atoms with Gasteiger partial charge in [0.05, 0.1) is 16.5 Å². The van der Waals surface area contributed by atoms with Crippen molar-refractivity contribution in [1.29, 1.82) is 0 Å². The van der Waals surface area contributed by atoms with E-state index in [4.69, 9.17) is 11.6 Å². The van der Waals surface area contributed by atoms with Crippen molar-refractivity contribution >= 4 is 23.2 Å². The zero-order valence-electron chi connectivity index (χ0n) is 9.59. The summed E-state index contributed by atoms with van der Waals surface area (Å²) in [5.41, 5.74) is -0.481. The van der Waals surface area contributed by atoms with E-state index in [1.165, 1.54) is 18.2 Å². The summed E-state index contributed by atoms with van der Waals surface area (Å²) in [5, 5.41) is 13.4. The average Bonchev–Trinajstić information content (AvgIpc) is 2.88. The summed E-state index contributed by atoms with van der Waals surface area (Å²) >= 11 is 5.84. The standard InChI is InChI=1S/C11H9ClN4O3/c12-7-2-1-3-8(16(18)19)10(7)11(17)15-6-9-13-4-5-14-9/h1-5H,6H2,(H,13,14)(H,15,17). The normalized spacial score (nSPS) is 10.2. The van der Waals surface area contributed by atoms with Gasteiger partial charge in [0.2, 0.25) is 0 Å². The molecule has 0 radical (unpaired) electrons. The summed E-state index contributed by atoms with van der Waals surface area (Å²) < 4.78 is 0. The number of amides is 1. The number of aromatic amines is 1. The molecule has 0 fully saturated rings. The number of carbonyl (C=O) groups excluding carboxylic acids is 1. The maximum Gasteiger partial charge on any atom is 0.283 e. The van der Waals surface area contributed by atoms with Crippen LogP contribution in [0.25, 0.3) is 0 Å². The molecule has 0 spiro atoms. The highest BCUT2D eigenvalue weighted by Crippen LogP contribution is 2.25. The molecule has 2 N–H and O–H groups in total. The molecule has 0 aliphatic heterocycles. The maximum atomic E-state index is 11.9. The third-order valence-electron chi connectivity index (χ3n) is 2.39. The Morgan fingerprint density at radius 2 is 2.32 bits per heavy atom. The summed E-state index contributed by atoms with van der Waals surface area (Å²) in [4.78, 5) is 28.9. The van der Waals surface area contributed by atoms with Crippen molar-refractivity contribution in [3.8, 4) is 0 Å². The smallest absolute Gasteiger partial charge is 0.283 e. The van der Waals surface area contributed by atoms with E-state index < -0.39 is 10.8 Å². The number of hydrogen-bond donors (Lipinski definition) is 2. The van der Waals surface area contributed by atoms with E-state index in [0.717, 1.165) is 0 Å². The Morgan fingerprint density at radius 1 is 1.53 bits per heavy atom. The molecule has 1 aromatic carbocycles. The lowest BCUT2D eigenvalue weighted by molar-refractivity contribution is -0.385. The van der Waals surface area contributed by atoms with Gasteiger partial charge in [-0.2, -0.15) is 0 Å². The van der Waals surface area contributed by atoms with Crippen molar-refractivity contribution in [3.05, 3.63) is 57.1 Å². The Labute approximate surface area is 112 Å². The number of nitro groups is 1. The lowest BCUT2D eigenvalue weighted by Gasteiger charge is -2.06. The number of nitro benzene ring substituents is 1. The van der Waals surface area contributed by atoms with Crippen molar-refractivity contribution in [2.75, 3.05) is 0 Å². The molecule has 1 heterocycles. The van der Waals surface area contributed by atoms with Crippen LogP contribution in [0.15, 0.2) is 30.6 Å². The van der Waals surface area contributed by atoms with Gasteiger partial charge in [-0.1, -0.05) is 17.7 Å². The minimum Gasteiger partial charge on any atom is -0.347 e. The Balaban J connectivity index is 2.21. The van der Waals surface area contributed by atoms with E-state index in [1.54, 1.807) is 12.4 Å². The van der Waals surface area contributed by atoms with Gasteiger partial charge in [0.1, 0.15) is 11.4 Å². The summed E-state index contributed by atoms with van der Waals surface area (Å²) in [6, 6.07) is 4.08. The Hall–Kier alpha value is -2.41. The molecule has 0 atom stereocenters. The molecule has 98 valence electrons. The van der Waals surface area contributed by atoms with Gasteiger partial charge in [0.15, 0.2) is 0 Å². The van der Waals surface area contributed by atoms with Crippen molar-refractivity contribution in [3.63, 3.8) is 0 Å². The molecule has 1 amide bonds. The Kier molecular flexibility index (Phi) is 3.76. The highest BCUT2D eigenvalue weighted by molar-refractivity contribution is 6.34. The molecule has 8 heteroatoms. The van der Waals surface area contributed by atoms with Gasteiger partial charge < -0.3 is 10.3 Å². The highest BCUT2D eigenvalue weighted by Gasteiger charge is 2.23. The fourth-order valence-electron chi connectivity index (χ4n) is 1.54. The van der Waals surface area contributed by atoms with Gasteiger partial charge >= 0.3 is 0 Å². The van der Waals surface area contributed by atoms with Crippen LogP contribution >= 0.6 is 11.6 Å². The zero-order chi connectivity index (χ0) is 13.8.